The van der Waals surface area contributed by atoms with Crippen molar-refractivity contribution >= 4 is 11.8 Å². The lowest BCUT2D eigenvalue weighted by molar-refractivity contribution is -0.389. The summed E-state index contributed by atoms with van der Waals surface area (Å²) in [5.74, 6) is 0.401. The third-order valence-electron chi connectivity index (χ3n) is 2.93. The van der Waals surface area contributed by atoms with Gasteiger partial charge in [0.15, 0.2) is 0 Å². The Morgan fingerprint density at radius 3 is 2.85 bits per heavy atom. The van der Waals surface area contributed by atoms with Crippen molar-refractivity contribution in [1.29, 1.82) is 0 Å². The second-order valence-corrected chi connectivity index (χ2v) is 4.30. The number of allylic oxidation sites excluding steroid dienone is 4. The molecule has 0 atom stereocenters. The number of hydrogen-bond acceptors (Lipinski definition) is 4. The molecule has 0 saturated carbocycles. The number of H-pyrrole nitrogens is 1. The Balaban J connectivity index is 2.37. The van der Waals surface area contributed by atoms with Crippen molar-refractivity contribution < 1.29 is 4.92 Å². The van der Waals surface area contributed by atoms with Gasteiger partial charge in [0.2, 0.25) is 0 Å². The Bertz CT molecular complexity index is 598. The first-order valence-electron chi connectivity index (χ1n) is 6.25. The van der Waals surface area contributed by atoms with Crippen LogP contribution >= 0.6 is 0 Å². The van der Waals surface area contributed by atoms with Gasteiger partial charge in [-0.15, -0.1) is 13.2 Å². The monoisotopic (exact) mass is 272 g/mol. The van der Waals surface area contributed by atoms with Crippen LogP contribution in [-0.4, -0.2) is 21.4 Å². The molecule has 104 valence electrons. The van der Waals surface area contributed by atoms with E-state index in [0.717, 1.165) is 5.70 Å². The predicted molar refractivity (Wildman–Crippen MR) is 78.5 cm³/mol. The van der Waals surface area contributed by atoms with Gasteiger partial charge in [-0.1, -0.05) is 24.3 Å². The molecule has 2 heterocycles. The van der Waals surface area contributed by atoms with Crippen LogP contribution in [-0.2, 0) is 6.42 Å². The van der Waals surface area contributed by atoms with Crippen LogP contribution < -0.4 is 4.90 Å². The van der Waals surface area contributed by atoms with Gasteiger partial charge in [0, 0.05) is 25.1 Å². The molecule has 1 aromatic rings. The van der Waals surface area contributed by atoms with E-state index in [1.54, 1.807) is 12.2 Å². The van der Waals surface area contributed by atoms with Gasteiger partial charge in [-0.2, -0.15) is 4.98 Å². The van der Waals surface area contributed by atoms with E-state index in [1.807, 2.05) is 23.1 Å². The Morgan fingerprint density at radius 1 is 1.45 bits per heavy atom. The molecule has 0 bridgehead atoms. The molecular formula is C14H16N4O2. The van der Waals surface area contributed by atoms with Crippen LogP contribution in [0, 0.1) is 10.1 Å². The second kappa shape index (κ2) is 6.01. The van der Waals surface area contributed by atoms with Crippen molar-refractivity contribution in [3.8, 4) is 0 Å². The highest BCUT2D eigenvalue weighted by Crippen LogP contribution is 2.26. The molecule has 0 saturated heterocycles. The highest BCUT2D eigenvalue weighted by atomic mass is 16.6. The summed E-state index contributed by atoms with van der Waals surface area (Å²) >= 11 is 0. The zero-order valence-electron chi connectivity index (χ0n) is 11.1. The molecule has 0 fully saturated rings. The van der Waals surface area contributed by atoms with Crippen LogP contribution in [0.1, 0.15) is 12.1 Å². The average molecular weight is 272 g/mol. The highest BCUT2D eigenvalue weighted by Gasteiger charge is 2.24. The summed E-state index contributed by atoms with van der Waals surface area (Å²) in [6.45, 7) is 7.94. The molecule has 20 heavy (non-hydrogen) atoms. The summed E-state index contributed by atoms with van der Waals surface area (Å²) < 4.78 is 0. The van der Waals surface area contributed by atoms with E-state index in [9.17, 15) is 10.1 Å². The Hall–Kier alpha value is -2.63. The maximum absolute atomic E-state index is 11.0. The Labute approximate surface area is 117 Å². The number of anilines is 1. The molecule has 1 aromatic heterocycles. The zero-order chi connectivity index (χ0) is 14.5. The van der Waals surface area contributed by atoms with Crippen molar-refractivity contribution in [1.82, 2.24) is 9.97 Å². The number of imidazole rings is 1. The molecule has 0 radical (unpaired) electrons. The van der Waals surface area contributed by atoms with E-state index in [-0.39, 0.29) is 5.82 Å². The van der Waals surface area contributed by atoms with Crippen molar-refractivity contribution in [3.63, 3.8) is 0 Å². The van der Waals surface area contributed by atoms with Crippen LogP contribution in [0.2, 0.25) is 0 Å². The minimum Gasteiger partial charge on any atom is -0.358 e. The van der Waals surface area contributed by atoms with Crippen LogP contribution in [0.3, 0.4) is 0 Å². The first kappa shape index (κ1) is 13.8. The van der Waals surface area contributed by atoms with Crippen molar-refractivity contribution in [2.75, 3.05) is 11.4 Å². The lowest BCUT2D eigenvalue weighted by Gasteiger charge is -2.22. The maximum atomic E-state index is 11.0. The van der Waals surface area contributed by atoms with E-state index >= 15 is 0 Å². The molecule has 1 aliphatic heterocycles. The third-order valence-corrected chi connectivity index (χ3v) is 2.93. The fourth-order valence-corrected chi connectivity index (χ4v) is 2.05. The standard InChI is InChI=1S/C14H16N4O2/c1-3-7-11-9-5-6-10-17(11)14-15-12(8-4-2)13(16-14)18(19)20/h3-6,9H,1-2,7-8,10H2,(H,15,16). The molecule has 6 nitrogen and oxygen atoms in total. The quantitative estimate of drug-likeness (QED) is 0.491. The van der Waals surface area contributed by atoms with Gasteiger partial charge in [0.1, 0.15) is 5.69 Å². The SMILES string of the molecule is C=CCC1=CC=CCN1c1nc(CC=C)c([N+](=O)[O-])[nH]1. The van der Waals surface area contributed by atoms with Gasteiger partial charge in [0.05, 0.1) is 0 Å². The summed E-state index contributed by atoms with van der Waals surface area (Å²) in [6.07, 6.45) is 10.3. The van der Waals surface area contributed by atoms with Gasteiger partial charge in [-0.05, 0) is 11.0 Å². The number of nitrogens with one attached hydrogen (secondary N) is 1. The lowest BCUT2D eigenvalue weighted by Crippen LogP contribution is -2.25. The molecule has 0 aliphatic carbocycles. The van der Waals surface area contributed by atoms with E-state index in [0.29, 0.717) is 31.0 Å². The van der Waals surface area contributed by atoms with Gasteiger partial charge in [-0.25, -0.2) is 4.98 Å². The van der Waals surface area contributed by atoms with E-state index in [1.165, 1.54) is 0 Å². The normalized spacial score (nSPS) is 14.0. The highest BCUT2D eigenvalue weighted by molar-refractivity contribution is 5.50. The lowest BCUT2D eigenvalue weighted by atomic mass is 10.2. The fraction of sp³-hybridized carbons (Fsp3) is 0.214. The van der Waals surface area contributed by atoms with Crippen LogP contribution in [0.5, 0.6) is 0 Å². The number of rotatable bonds is 6. The molecule has 0 aromatic carbocycles. The van der Waals surface area contributed by atoms with Gasteiger partial charge in [-0.3, -0.25) is 4.90 Å². The second-order valence-electron chi connectivity index (χ2n) is 4.30. The topological polar surface area (TPSA) is 75.1 Å². The summed E-state index contributed by atoms with van der Waals surface area (Å²) in [7, 11) is 0. The Kier molecular flexibility index (Phi) is 4.14. The van der Waals surface area contributed by atoms with Crippen molar-refractivity contribution in [3.05, 3.63) is 65.0 Å². The van der Waals surface area contributed by atoms with E-state index < -0.39 is 4.92 Å². The molecule has 0 spiro atoms. The minimum atomic E-state index is -0.452. The molecule has 0 amide bonds. The van der Waals surface area contributed by atoms with Gasteiger partial charge >= 0.3 is 5.82 Å². The molecule has 1 aliphatic rings. The van der Waals surface area contributed by atoms with E-state index in [2.05, 4.69) is 23.1 Å². The summed E-state index contributed by atoms with van der Waals surface area (Å²) in [5, 5.41) is 11.0. The molecule has 6 heteroatoms. The fourth-order valence-electron chi connectivity index (χ4n) is 2.05. The third kappa shape index (κ3) is 2.69. The largest absolute Gasteiger partial charge is 0.358 e. The van der Waals surface area contributed by atoms with Crippen molar-refractivity contribution in [2.24, 2.45) is 0 Å². The van der Waals surface area contributed by atoms with Crippen LogP contribution in [0.15, 0.2) is 49.2 Å². The number of nitrogens with zero attached hydrogens (tertiary/aromatic N) is 3. The first-order valence-corrected chi connectivity index (χ1v) is 6.25. The predicted octanol–water partition coefficient (Wildman–Crippen LogP) is 2.88. The number of hydrogen-bond donors (Lipinski definition) is 1. The molecule has 2 rings (SSSR count). The van der Waals surface area contributed by atoms with E-state index in [4.69, 9.17) is 0 Å². The summed E-state index contributed by atoms with van der Waals surface area (Å²) in [6, 6.07) is 0. The number of aromatic amines is 1. The maximum Gasteiger partial charge on any atom is 0.345 e. The van der Waals surface area contributed by atoms with Gasteiger partial charge < -0.3 is 10.1 Å². The number of aromatic nitrogens is 2. The zero-order valence-corrected chi connectivity index (χ0v) is 11.1. The minimum absolute atomic E-state index is 0.0765. The van der Waals surface area contributed by atoms with Crippen molar-refractivity contribution in [2.45, 2.75) is 12.8 Å². The summed E-state index contributed by atoms with van der Waals surface area (Å²) in [5.41, 5.74) is 1.39. The molecular weight excluding hydrogens is 256 g/mol. The Morgan fingerprint density at radius 2 is 2.20 bits per heavy atom. The summed E-state index contributed by atoms with van der Waals surface area (Å²) in [4.78, 5) is 19.6. The number of nitro groups is 1. The van der Waals surface area contributed by atoms with Gasteiger partial charge in [0.25, 0.3) is 5.95 Å². The molecule has 0 unspecified atom stereocenters. The average Bonchev–Trinajstić information content (AvgIpc) is 2.84. The molecule has 1 N–H and O–H groups in total. The first-order chi connectivity index (χ1) is 9.67. The van der Waals surface area contributed by atoms with Crippen LogP contribution in [0.4, 0.5) is 11.8 Å². The van der Waals surface area contributed by atoms with Crippen LogP contribution in [0.25, 0.3) is 0 Å². The smallest absolute Gasteiger partial charge is 0.345 e.